The van der Waals surface area contributed by atoms with Gasteiger partial charge in [-0.2, -0.15) is 0 Å². The lowest BCUT2D eigenvalue weighted by Gasteiger charge is -2.20. The fourth-order valence-corrected chi connectivity index (χ4v) is 2.38. The molecule has 1 atom stereocenters. The molecular weight excluding hydrogens is 246 g/mol. The van der Waals surface area contributed by atoms with Crippen molar-refractivity contribution in [3.63, 3.8) is 0 Å². The largest absolute Gasteiger partial charge is 0.381 e. The smallest absolute Gasteiger partial charge is 0.0472 e. The van der Waals surface area contributed by atoms with Gasteiger partial charge < -0.3 is 10.1 Å². The molecule has 114 valence electrons. The first-order valence-corrected chi connectivity index (χ1v) is 7.99. The SMILES string of the molecule is CCNCC(CCOCCC(C)C)c1ccccc1C. The zero-order valence-electron chi connectivity index (χ0n) is 13.6. The Morgan fingerprint density at radius 2 is 1.80 bits per heavy atom. The van der Waals surface area contributed by atoms with Gasteiger partial charge in [-0.05, 0) is 49.3 Å². The first-order valence-electron chi connectivity index (χ1n) is 7.99. The van der Waals surface area contributed by atoms with E-state index in [0.29, 0.717) is 5.92 Å². The molecule has 1 aromatic carbocycles. The second kappa shape index (κ2) is 9.95. The Bertz CT molecular complexity index is 362. The summed E-state index contributed by atoms with van der Waals surface area (Å²) in [6.07, 6.45) is 2.25. The molecule has 0 saturated carbocycles. The Hall–Kier alpha value is -0.860. The number of aryl methyl sites for hydroxylation is 1. The zero-order valence-corrected chi connectivity index (χ0v) is 13.6. The minimum absolute atomic E-state index is 0.551. The highest BCUT2D eigenvalue weighted by Crippen LogP contribution is 2.22. The molecule has 1 unspecified atom stereocenters. The third-order valence-electron chi connectivity index (χ3n) is 3.72. The maximum atomic E-state index is 5.79. The Labute approximate surface area is 124 Å². The van der Waals surface area contributed by atoms with Crippen LogP contribution >= 0.6 is 0 Å². The summed E-state index contributed by atoms with van der Waals surface area (Å²) in [5, 5.41) is 3.48. The Morgan fingerprint density at radius 1 is 1.10 bits per heavy atom. The molecule has 2 heteroatoms. The molecular formula is C18H31NO. The van der Waals surface area contributed by atoms with Crippen LogP contribution in [0, 0.1) is 12.8 Å². The van der Waals surface area contributed by atoms with Gasteiger partial charge in [0.1, 0.15) is 0 Å². The van der Waals surface area contributed by atoms with E-state index >= 15 is 0 Å². The van der Waals surface area contributed by atoms with Crippen LogP contribution in [-0.4, -0.2) is 26.3 Å². The molecule has 0 aliphatic heterocycles. The molecule has 0 fully saturated rings. The molecule has 0 saturated heterocycles. The average Bonchev–Trinajstić information content (AvgIpc) is 2.42. The number of likely N-dealkylation sites (N-methyl/N-ethyl adjacent to an activating group) is 1. The summed E-state index contributed by atoms with van der Waals surface area (Å²) in [6, 6.07) is 8.71. The van der Waals surface area contributed by atoms with Gasteiger partial charge in [-0.15, -0.1) is 0 Å². The third kappa shape index (κ3) is 6.53. The van der Waals surface area contributed by atoms with Gasteiger partial charge >= 0.3 is 0 Å². The molecule has 0 heterocycles. The molecule has 1 N–H and O–H groups in total. The van der Waals surface area contributed by atoms with E-state index < -0.39 is 0 Å². The van der Waals surface area contributed by atoms with E-state index in [1.165, 1.54) is 11.1 Å². The summed E-state index contributed by atoms with van der Waals surface area (Å²) in [7, 11) is 0. The van der Waals surface area contributed by atoms with Crippen LogP contribution in [0.5, 0.6) is 0 Å². The number of rotatable bonds is 10. The molecule has 1 rings (SSSR count). The molecule has 0 radical (unpaired) electrons. The van der Waals surface area contributed by atoms with Crippen molar-refractivity contribution in [1.82, 2.24) is 5.32 Å². The van der Waals surface area contributed by atoms with E-state index in [9.17, 15) is 0 Å². The van der Waals surface area contributed by atoms with Crippen LogP contribution in [0.15, 0.2) is 24.3 Å². The van der Waals surface area contributed by atoms with Crippen LogP contribution in [0.3, 0.4) is 0 Å². The molecule has 0 bridgehead atoms. The fourth-order valence-electron chi connectivity index (χ4n) is 2.38. The summed E-state index contributed by atoms with van der Waals surface area (Å²) >= 11 is 0. The highest BCUT2D eigenvalue weighted by atomic mass is 16.5. The molecule has 0 aliphatic rings. The zero-order chi connectivity index (χ0) is 14.8. The van der Waals surface area contributed by atoms with Crippen molar-refractivity contribution in [1.29, 1.82) is 0 Å². The molecule has 0 amide bonds. The van der Waals surface area contributed by atoms with Crippen molar-refractivity contribution >= 4 is 0 Å². The van der Waals surface area contributed by atoms with Crippen LogP contribution < -0.4 is 5.32 Å². The summed E-state index contributed by atoms with van der Waals surface area (Å²) < 4.78 is 5.79. The van der Waals surface area contributed by atoms with E-state index in [2.05, 4.69) is 57.3 Å². The van der Waals surface area contributed by atoms with Crippen molar-refractivity contribution < 1.29 is 4.74 Å². The number of nitrogens with one attached hydrogen (secondary N) is 1. The van der Waals surface area contributed by atoms with Crippen molar-refractivity contribution in [3.8, 4) is 0 Å². The van der Waals surface area contributed by atoms with Crippen molar-refractivity contribution in [2.45, 2.75) is 46.5 Å². The van der Waals surface area contributed by atoms with Crippen LogP contribution in [0.2, 0.25) is 0 Å². The maximum absolute atomic E-state index is 5.79. The highest BCUT2D eigenvalue weighted by molar-refractivity contribution is 5.29. The fraction of sp³-hybridized carbons (Fsp3) is 0.667. The molecule has 0 aliphatic carbocycles. The predicted octanol–water partition coefficient (Wildman–Crippen LogP) is 4.14. The first kappa shape index (κ1) is 17.2. The second-order valence-electron chi connectivity index (χ2n) is 5.94. The van der Waals surface area contributed by atoms with E-state index in [0.717, 1.165) is 45.1 Å². The minimum atomic E-state index is 0.551. The minimum Gasteiger partial charge on any atom is -0.381 e. The number of hydrogen-bond acceptors (Lipinski definition) is 2. The van der Waals surface area contributed by atoms with E-state index in [-0.39, 0.29) is 0 Å². The van der Waals surface area contributed by atoms with Crippen LogP contribution in [-0.2, 0) is 4.74 Å². The van der Waals surface area contributed by atoms with Gasteiger partial charge in [0.15, 0.2) is 0 Å². The third-order valence-corrected chi connectivity index (χ3v) is 3.72. The molecule has 0 spiro atoms. The highest BCUT2D eigenvalue weighted by Gasteiger charge is 2.13. The Balaban J connectivity index is 2.46. The van der Waals surface area contributed by atoms with Crippen LogP contribution in [0.4, 0.5) is 0 Å². The van der Waals surface area contributed by atoms with Gasteiger partial charge in [0.25, 0.3) is 0 Å². The average molecular weight is 277 g/mol. The summed E-state index contributed by atoms with van der Waals surface area (Å²) in [5.41, 5.74) is 2.85. The lowest BCUT2D eigenvalue weighted by molar-refractivity contribution is 0.116. The summed E-state index contributed by atoms with van der Waals surface area (Å²) in [6.45, 7) is 12.7. The standard InChI is InChI=1S/C18H31NO/c1-5-19-14-17(11-13-20-12-10-15(2)3)18-9-7-6-8-16(18)4/h6-9,15,17,19H,5,10-14H2,1-4H3. The normalized spacial score (nSPS) is 12.8. The van der Waals surface area contributed by atoms with Gasteiger partial charge in [0, 0.05) is 19.8 Å². The monoisotopic (exact) mass is 277 g/mol. The Kier molecular flexibility index (Phi) is 8.56. The van der Waals surface area contributed by atoms with Gasteiger partial charge in [0.2, 0.25) is 0 Å². The van der Waals surface area contributed by atoms with E-state index in [4.69, 9.17) is 4.74 Å². The van der Waals surface area contributed by atoms with Gasteiger partial charge in [0.05, 0.1) is 0 Å². The second-order valence-corrected chi connectivity index (χ2v) is 5.94. The number of hydrogen-bond donors (Lipinski definition) is 1. The van der Waals surface area contributed by atoms with Gasteiger partial charge in [-0.1, -0.05) is 45.0 Å². The summed E-state index contributed by atoms with van der Waals surface area (Å²) in [5.74, 6) is 1.28. The number of ether oxygens (including phenoxy) is 1. The molecule has 1 aromatic rings. The van der Waals surface area contributed by atoms with Crippen LogP contribution in [0.1, 0.15) is 50.7 Å². The van der Waals surface area contributed by atoms with Crippen molar-refractivity contribution in [2.24, 2.45) is 5.92 Å². The van der Waals surface area contributed by atoms with Gasteiger partial charge in [-0.25, -0.2) is 0 Å². The van der Waals surface area contributed by atoms with E-state index in [1.807, 2.05) is 0 Å². The quantitative estimate of drug-likeness (QED) is 0.649. The molecule has 0 aromatic heterocycles. The van der Waals surface area contributed by atoms with Crippen LogP contribution in [0.25, 0.3) is 0 Å². The van der Waals surface area contributed by atoms with Crippen molar-refractivity contribution in [3.05, 3.63) is 35.4 Å². The predicted molar refractivity (Wildman–Crippen MR) is 87.4 cm³/mol. The van der Waals surface area contributed by atoms with E-state index in [1.54, 1.807) is 0 Å². The summed E-state index contributed by atoms with van der Waals surface area (Å²) in [4.78, 5) is 0. The maximum Gasteiger partial charge on any atom is 0.0472 e. The van der Waals surface area contributed by atoms with Crippen molar-refractivity contribution in [2.75, 3.05) is 26.3 Å². The first-order chi connectivity index (χ1) is 9.65. The van der Waals surface area contributed by atoms with Gasteiger partial charge in [-0.3, -0.25) is 0 Å². The molecule has 20 heavy (non-hydrogen) atoms. The topological polar surface area (TPSA) is 21.3 Å². The molecule has 2 nitrogen and oxygen atoms in total. The lowest BCUT2D eigenvalue weighted by Crippen LogP contribution is -2.23. The number of benzene rings is 1. The Morgan fingerprint density at radius 3 is 2.45 bits per heavy atom. The lowest BCUT2D eigenvalue weighted by atomic mass is 9.92.